The summed E-state index contributed by atoms with van der Waals surface area (Å²) in [4.78, 5) is 29.6. The van der Waals surface area contributed by atoms with Crippen LogP contribution in [0.4, 0.5) is 8.78 Å². The molecule has 0 unspecified atom stereocenters. The van der Waals surface area contributed by atoms with Crippen LogP contribution in [0, 0.1) is 17.6 Å². The van der Waals surface area contributed by atoms with Crippen molar-refractivity contribution < 1.29 is 18.4 Å². The molecule has 2 aromatic rings. The Labute approximate surface area is 192 Å². The van der Waals surface area contributed by atoms with Crippen LogP contribution in [0.15, 0.2) is 54.6 Å². The van der Waals surface area contributed by atoms with Crippen LogP contribution < -0.4 is 5.32 Å². The van der Waals surface area contributed by atoms with Crippen LogP contribution in [0.25, 0.3) is 5.57 Å². The summed E-state index contributed by atoms with van der Waals surface area (Å²) >= 11 is 0. The molecule has 33 heavy (non-hydrogen) atoms. The molecule has 172 valence electrons. The normalized spacial score (nSPS) is 20.9. The van der Waals surface area contributed by atoms with Crippen LogP contribution in [0.3, 0.4) is 0 Å². The zero-order valence-electron chi connectivity index (χ0n) is 18.3. The fourth-order valence-electron chi connectivity index (χ4n) is 4.61. The highest BCUT2D eigenvalue weighted by molar-refractivity contribution is 5.88. The molecule has 1 N–H and O–H groups in total. The van der Waals surface area contributed by atoms with E-state index in [4.69, 9.17) is 0 Å². The Hall–Kier alpha value is -3.06. The monoisotopic (exact) mass is 451 g/mol. The van der Waals surface area contributed by atoms with Gasteiger partial charge in [-0.1, -0.05) is 36.4 Å². The summed E-state index contributed by atoms with van der Waals surface area (Å²) in [5.41, 5.74) is 1.67. The number of carbonyl (C=O) groups is 2. The third-order valence-electron chi connectivity index (χ3n) is 6.78. The minimum atomic E-state index is -0.518. The average molecular weight is 452 g/mol. The van der Waals surface area contributed by atoms with Crippen molar-refractivity contribution in [2.75, 3.05) is 26.2 Å². The molecule has 0 radical (unpaired) electrons. The summed E-state index contributed by atoms with van der Waals surface area (Å²) in [5.74, 6) is -0.934. The molecule has 2 aliphatic heterocycles. The predicted octanol–water partition coefficient (Wildman–Crippen LogP) is 3.53. The molecule has 0 aromatic heterocycles. The van der Waals surface area contributed by atoms with Gasteiger partial charge in [0.1, 0.15) is 11.6 Å². The second-order valence-electron chi connectivity index (χ2n) is 9.07. The molecule has 5 rings (SSSR count). The standard InChI is InChI=1S/C26H27F2N3O2/c27-20-9-10-22(28)21(14-20)19-13-23(17-5-2-1-3-6-17)31(16-19)26(33)25(18-7-8-18)29-15-24(32)30-11-4-12-30/h1-3,5-6,9-10,13-14,18,23,25,29H,4,7-8,11-12,15-16H2/t23-,25-/m0/s1. The molecule has 2 fully saturated rings. The van der Waals surface area contributed by atoms with Gasteiger partial charge in [0.25, 0.3) is 0 Å². The Morgan fingerprint density at radius 1 is 1.06 bits per heavy atom. The summed E-state index contributed by atoms with van der Waals surface area (Å²) in [6, 6.07) is 12.1. The SMILES string of the molecule is O=C(CN[C@H](C(=O)N1CC(c2cc(F)ccc2F)=C[C@H]1c1ccccc1)C1CC1)N1CCC1. The first kappa shape index (κ1) is 21.8. The van der Waals surface area contributed by atoms with Gasteiger partial charge in [0.05, 0.1) is 18.6 Å². The van der Waals surface area contributed by atoms with Gasteiger partial charge >= 0.3 is 0 Å². The Morgan fingerprint density at radius 3 is 2.48 bits per heavy atom. The summed E-state index contributed by atoms with van der Waals surface area (Å²) < 4.78 is 28.4. The highest BCUT2D eigenvalue weighted by atomic mass is 19.1. The Kier molecular flexibility index (Phi) is 5.98. The molecule has 1 saturated carbocycles. The van der Waals surface area contributed by atoms with E-state index >= 15 is 0 Å². The molecule has 2 atom stereocenters. The van der Waals surface area contributed by atoms with Gasteiger partial charge in [-0.25, -0.2) is 8.78 Å². The predicted molar refractivity (Wildman–Crippen MR) is 121 cm³/mol. The summed E-state index contributed by atoms with van der Waals surface area (Å²) in [5, 5.41) is 3.21. The first-order chi connectivity index (χ1) is 16.0. The average Bonchev–Trinajstić information content (AvgIpc) is 3.52. The van der Waals surface area contributed by atoms with E-state index in [0.29, 0.717) is 5.57 Å². The molecule has 7 heteroatoms. The Morgan fingerprint density at radius 2 is 1.82 bits per heavy atom. The number of benzene rings is 2. The maximum Gasteiger partial charge on any atom is 0.241 e. The molecule has 1 aliphatic carbocycles. The fourth-order valence-corrected chi connectivity index (χ4v) is 4.61. The molecular formula is C26H27F2N3O2. The molecule has 3 aliphatic rings. The number of amides is 2. The highest BCUT2D eigenvalue weighted by Gasteiger charge is 2.42. The van der Waals surface area contributed by atoms with E-state index in [0.717, 1.165) is 50.0 Å². The van der Waals surface area contributed by atoms with Gasteiger partial charge in [-0.3, -0.25) is 14.9 Å². The summed E-state index contributed by atoms with van der Waals surface area (Å²) in [6.45, 7) is 1.87. The number of hydrogen-bond donors (Lipinski definition) is 1. The van der Waals surface area contributed by atoms with Crippen molar-refractivity contribution in [1.82, 2.24) is 15.1 Å². The highest BCUT2D eigenvalue weighted by Crippen LogP contribution is 2.39. The summed E-state index contributed by atoms with van der Waals surface area (Å²) in [6.07, 6.45) is 4.74. The second-order valence-corrected chi connectivity index (χ2v) is 9.07. The topological polar surface area (TPSA) is 52.7 Å². The van der Waals surface area contributed by atoms with E-state index in [2.05, 4.69) is 5.32 Å². The molecular weight excluding hydrogens is 424 g/mol. The summed E-state index contributed by atoms with van der Waals surface area (Å²) in [7, 11) is 0. The number of nitrogens with zero attached hydrogens (tertiary/aromatic N) is 2. The van der Waals surface area contributed by atoms with Gasteiger partial charge in [0, 0.05) is 25.2 Å². The van der Waals surface area contributed by atoms with E-state index in [1.165, 1.54) is 6.07 Å². The van der Waals surface area contributed by atoms with Crippen molar-refractivity contribution >= 4 is 17.4 Å². The van der Waals surface area contributed by atoms with Gasteiger partial charge in [-0.2, -0.15) is 0 Å². The van der Waals surface area contributed by atoms with Crippen LogP contribution in [-0.2, 0) is 9.59 Å². The lowest BCUT2D eigenvalue weighted by Crippen LogP contribution is -2.52. The van der Waals surface area contributed by atoms with Crippen LogP contribution >= 0.6 is 0 Å². The van der Waals surface area contributed by atoms with Gasteiger partial charge in [-0.15, -0.1) is 0 Å². The van der Waals surface area contributed by atoms with Gasteiger partial charge < -0.3 is 9.80 Å². The van der Waals surface area contributed by atoms with E-state index in [1.807, 2.05) is 36.4 Å². The third-order valence-corrected chi connectivity index (χ3v) is 6.78. The van der Waals surface area contributed by atoms with Crippen LogP contribution in [-0.4, -0.2) is 53.8 Å². The largest absolute Gasteiger partial charge is 0.341 e. The first-order valence-electron chi connectivity index (χ1n) is 11.5. The van der Waals surface area contributed by atoms with Crippen molar-refractivity contribution in [1.29, 1.82) is 0 Å². The number of rotatable bonds is 7. The Balaban J connectivity index is 1.40. The lowest BCUT2D eigenvalue weighted by molar-refractivity contribution is -0.136. The molecule has 2 aromatic carbocycles. The number of nitrogens with one attached hydrogen (secondary N) is 1. The number of hydrogen-bond acceptors (Lipinski definition) is 3. The maximum absolute atomic E-state index is 14.5. The number of carbonyl (C=O) groups excluding carboxylic acids is 2. The van der Waals surface area contributed by atoms with Crippen LogP contribution in [0.1, 0.15) is 36.4 Å². The van der Waals surface area contributed by atoms with Crippen LogP contribution in [0.5, 0.6) is 0 Å². The zero-order chi connectivity index (χ0) is 22.9. The molecule has 5 nitrogen and oxygen atoms in total. The van der Waals surface area contributed by atoms with E-state index < -0.39 is 17.7 Å². The lowest BCUT2D eigenvalue weighted by atomic mass is 10.0. The second kappa shape index (κ2) is 9.06. The lowest BCUT2D eigenvalue weighted by Gasteiger charge is -2.33. The van der Waals surface area contributed by atoms with E-state index in [9.17, 15) is 18.4 Å². The fraction of sp³-hybridized carbons (Fsp3) is 0.385. The van der Waals surface area contributed by atoms with Crippen LogP contribution in [0.2, 0.25) is 0 Å². The smallest absolute Gasteiger partial charge is 0.241 e. The van der Waals surface area contributed by atoms with Crippen molar-refractivity contribution in [3.8, 4) is 0 Å². The van der Waals surface area contributed by atoms with Crippen molar-refractivity contribution in [2.45, 2.75) is 31.3 Å². The van der Waals surface area contributed by atoms with Gasteiger partial charge in [0.2, 0.25) is 11.8 Å². The first-order valence-corrected chi connectivity index (χ1v) is 11.5. The van der Waals surface area contributed by atoms with Crippen molar-refractivity contribution in [2.24, 2.45) is 5.92 Å². The number of likely N-dealkylation sites (tertiary alicyclic amines) is 1. The van der Waals surface area contributed by atoms with E-state index in [1.54, 1.807) is 9.80 Å². The molecule has 2 heterocycles. The zero-order valence-corrected chi connectivity index (χ0v) is 18.3. The van der Waals surface area contributed by atoms with E-state index in [-0.39, 0.29) is 42.4 Å². The molecule has 2 amide bonds. The Bertz CT molecular complexity index is 1080. The maximum atomic E-state index is 14.5. The molecule has 0 spiro atoms. The molecule has 1 saturated heterocycles. The van der Waals surface area contributed by atoms with Gasteiger partial charge in [-0.05, 0) is 54.5 Å². The van der Waals surface area contributed by atoms with Crippen molar-refractivity contribution in [3.63, 3.8) is 0 Å². The molecule has 0 bridgehead atoms. The number of halogens is 2. The minimum Gasteiger partial charge on any atom is -0.341 e. The third kappa shape index (κ3) is 4.55. The minimum absolute atomic E-state index is 0.0152. The van der Waals surface area contributed by atoms with Crippen molar-refractivity contribution in [3.05, 3.63) is 77.4 Å². The van der Waals surface area contributed by atoms with Gasteiger partial charge in [0.15, 0.2) is 0 Å². The quantitative estimate of drug-likeness (QED) is 0.701.